The maximum Gasteiger partial charge on any atom is 0.234 e. The Hall–Kier alpha value is -1.59. The molecule has 3 rings (SSSR count). The Labute approximate surface area is 145 Å². The second kappa shape index (κ2) is 8.49. The molecule has 1 aromatic rings. The third-order valence-corrected chi connectivity index (χ3v) is 5.03. The topological polar surface area (TPSA) is 38.8 Å². The van der Waals surface area contributed by atoms with Crippen LogP contribution in [0.25, 0.3) is 0 Å². The van der Waals surface area contributed by atoms with Gasteiger partial charge in [-0.15, -0.1) is 0 Å². The van der Waals surface area contributed by atoms with Gasteiger partial charge in [0.2, 0.25) is 5.91 Å². The Kier molecular flexibility index (Phi) is 6.10. The number of carbonyl (C=O) groups excluding carboxylic acids is 1. The Morgan fingerprint density at radius 3 is 2.54 bits per heavy atom. The smallest absolute Gasteiger partial charge is 0.234 e. The number of hydrogen-bond donors (Lipinski definition) is 1. The van der Waals surface area contributed by atoms with Gasteiger partial charge in [-0.1, -0.05) is 18.2 Å². The number of nitrogens with one attached hydrogen (secondary N) is 1. The van der Waals surface area contributed by atoms with E-state index in [0.29, 0.717) is 12.6 Å². The summed E-state index contributed by atoms with van der Waals surface area (Å²) in [4.78, 5) is 19.0. The summed E-state index contributed by atoms with van der Waals surface area (Å²) in [6.45, 7) is 6.78. The fourth-order valence-corrected chi connectivity index (χ4v) is 3.33. The summed E-state index contributed by atoms with van der Waals surface area (Å²) in [5.74, 6) is 0.165. The number of hydrogen-bond acceptors (Lipinski definition) is 4. The molecule has 1 heterocycles. The van der Waals surface area contributed by atoms with E-state index in [-0.39, 0.29) is 5.91 Å². The quantitative estimate of drug-likeness (QED) is 0.732. The van der Waals surface area contributed by atoms with Crippen LogP contribution in [-0.4, -0.2) is 74.6 Å². The molecule has 24 heavy (non-hydrogen) atoms. The van der Waals surface area contributed by atoms with Crippen molar-refractivity contribution in [3.63, 3.8) is 0 Å². The predicted molar refractivity (Wildman–Crippen MR) is 98.4 cm³/mol. The van der Waals surface area contributed by atoms with Crippen LogP contribution < -0.4 is 10.2 Å². The summed E-state index contributed by atoms with van der Waals surface area (Å²) >= 11 is 0. The number of amides is 1. The Morgan fingerprint density at radius 1 is 1.17 bits per heavy atom. The summed E-state index contributed by atoms with van der Waals surface area (Å²) < 4.78 is 0. The molecule has 1 N–H and O–H groups in total. The molecule has 1 amide bonds. The molecule has 0 unspecified atom stereocenters. The lowest BCUT2D eigenvalue weighted by atomic mass is 10.2. The van der Waals surface area contributed by atoms with Gasteiger partial charge < -0.3 is 10.2 Å². The number of para-hydroxylation sites is 1. The van der Waals surface area contributed by atoms with Crippen molar-refractivity contribution in [1.29, 1.82) is 0 Å². The third-order valence-electron chi connectivity index (χ3n) is 5.03. The zero-order valence-electron chi connectivity index (χ0n) is 14.8. The van der Waals surface area contributed by atoms with Crippen molar-refractivity contribution in [2.75, 3.05) is 57.8 Å². The number of benzene rings is 1. The van der Waals surface area contributed by atoms with E-state index in [1.54, 1.807) is 0 Å². The van der Waals surface area contributed by atoms with Crippen molar-refractivity contribution in [3.8, 4) is 0 Å². The van der Waals surface area contributed by atoms with Crippen LogP contribution in [0.1, 0.15) is 19.3 Å². The van der Waals surface area contributed by atoms with E-state index in [1.807, 2.05) is 7.05 Å². The molecule has 0 spiro atoms. The standard InChI is InChI=1S/C19H30N4O/c1-21(17-8-9-17)16-19(24)20-10-5-11-22-12-14-23(15-13-22)18-6-3-2-4-7-18/h2-4,6-7,17H,5,8-16H2,1H3,(H,20,24). The Bertz CT molecular complexity index is 509. The highest BCUT2D eigenvalue weighted by atomic mass is 16.2. The van der Waals surface area contributed by atoms with Crippen molar-refractivity contribution in [2.24, 2.45) is 0 Å². The fourth-order valence-electron chi connectivity index (χ4n) is 3.33. The second-order valence-corrected chi connectivity index (χ2v) is 7.01. The first-order valence-electron chi connectivity index (χ1n) is 9.21. The van der Waals surface area contributed by atoms with Gasteiger partial charge >= 0.3 is 0 Å². The van der Waals surface area contributed by atoms with E-state index in [1.165, 1.54) is 18.5 Å². The highest BCUT2D eigenvalue weighted by Gasteiger charge is 2.27. The molecule has 2 fully saturated rings. The molecule has 132 valence electrons. The van der Waals surface area contributed by atoms with Gasteiger partial charge in [-0.25, -0.2) is 0 Å². The Balaban J connectivity index is 1.26. The number of likely N-dealkylation sites (N-methyl/N-ethyl adjacent to an activating group) is 1. The fraction of sp³-hybridized carbons (Fsp3) is 0.632. The van der Waals surface area contributed by atoms with E-state index < -0.39 is 0 Å². The molecule has 0 bridgehead atoms. The van der Waals surface area contributed by atoms with E-state index in [4.69, 9.17) is 0 Å². The number of carbonyl (C=O) groups is 1. The predicted octanol–water partition coefficient (Wildman–Crippen LogP) is 1.41. The lowest BCUT2D eigenvalue weighted by Crippen LogP contribution is -2.47. The average Bonchev–Trinajstić information content (AvgIpc) is 3.45. The Morgan fingerprint density at radius 2 is 1.88 bits per heavy atom. The van der Waals surface area contributed by atoms with Crippen molar-refractivity contribution < 1.29 is 4.79 Å². The summed E-state index contributed by atoms with van der Waals surface area (Å²) in [5, 5.41) is 3.05. The first-order chi connectivity index (χ1) is 11.7. The third kappa shape index (κ3) is 5.21. The maximum atomic E-state index is 11.9. The minimum Gasteiger partial charge on any atom is -0.369 e. The molecule has 0 radical (unpaired) electrons. The van der Waals surface area contributed by atoms with Gasteiger partial charge in [0.25, 0.3) is 0 Å². The number of nitrogens with zero attached hydrogens (tertiary/aromatic N) is 3. The molecular weight excluding hydrogens is 300 g/mol. The average molecular weight is 330 g/mol. The molecule has 0 atom stereocenters. The zero-order valence-corrected chi connectivity index (χ0v) is 14.8. The second-order valence-electron chi connectivity index (χ2n) is 7.01. The monoisotopic (exact) mass is 330 g/mol. The minimum absolute atomic E-state index is 0.165. The van der Waals surface area contributed by atoms with Crippen LogP contribution in [0, 0.1) is 0 Å². The minimum atomic E-state index is 0.165. The van der Waals surface area contributed by atoms with Crippen molar-refractivity contribution in [2.45, 2.75) is 25.3 Å². The van der Waals surface area contributed by atoms with E-state index in [2.05, 4.69) is 50.3 Å². The summed E-state index contributed by atoms with van der Waals surface area (Å²) in [5.41, 5.74) is 1.32. The molecule has 2 aliphatic rings. The summed E-state index contributed by atoms with van der Waals surface area (Å²) in [7, 11) is 2.05. The molecule has 1 saturated carbocycles. The summed E-state index contributed by atoms with van der Waals surface area (Å²) in [6.07, 6.45) is 3.53. The first-order valence-corrected chi connectivity index (χ1v) is 9.21. The SMILES string of the molecule is CN(CC(=O)NCCCN1CCN(c2ccccc2)CC1)C1CC1. The zero-order chi connectivity index (χ0) is 16.8. The molecular formula is C19H30N4O. The van der Waals surface area contributed by atoms with Crippen molar-refractivity contribution in [3.05, 3.63) is 30.3 Å². The van der Waals surface area contributed by atoms with Crippen molar-refractivity contribution >= 4 is 11.6 Å². The number of anilines is 1. The van der Waals surface area contributed by atoms with Gasteiger partial charge in [-0.2, -0.15) is 0 Å². The van der Waals surface area contributed by atoms with Crippen LogP contribution in [0.15, 0.2) is 30.3 Å². The van der Waals surface area contributed by atoms with E-state index in [9.17, 15) is 4.79 Å². The largest absolute Gasteiger partial charge is 0.369 e. The van der Waals surface area contributed by atoms with Crippen molar-refractivity contribution in [1.82, 2.24) is 15.1 Å². The molecule has 5 nitrogen and oxygen atoms in total. The van der Waals surface area contributed by atoms with Crippen LogP contribution in [0.3, 0.4) is 0 Å². The van der Waals surface area contributed by atoms with Gasteiger partial charge in [-0.05, 0) is 45.0 Å². The number of rotatable bonds is 8. The van der Waals surface area contributed by atoms with Gasteiger partial charge in [0.15, 0.2) is 0 Å². The molecule has 1 aromatic carbocycles. The molecule has 0 aromatic heterocycles. The molecule has 1 saturated heterocycles. The molecule has 1 aliphatic carbocycles. The van der Waals surface area contributed by atoms with Crippen LogP contribution in [-0.2, 0) is 4.79 Å². The summed E-state index contributed by atoms with van der Waals surface area (Å²) in [6, 6.07) is 11.3. The highest BCUT2D eigenvalue weighted by Crippen LogP contribution is 2.24. The van der Waals surface area contributed by atoms with E-state index >= 15 is 0 Å². The van der Waals surface area contributed by atoms with Gasteiger partial charge in [0, 0.05) is 44.5 Å². The number of piperazine rings is 1. The maximum absolute atomic E-state index is 11.9. The van der Waals surface area contributed by atoms with Crippen LogP contribution in [0.4, 0.5) is 5.69 Å². The molecule has 5 heteroatoms. The van der Waals surface area contributed by atoms with Gasteiger partial charge in [-0.3, -0.25) is 14.6 Å². The van der Waals surface area contributed by atoms with Crippen LogP contribution >= 0.6 is 0 Å². The van der Waals surface area contributed by atoms with Crippen LogP contribution in [0.5, 0.6) is 0 Å². The van der Waals surface area contributed by atoms with Gasteiger partial charge in [0.05, 0.1) is 6.54 Å². The van der Waals surface area contributed by atoms with E-state index in [0.717, 1.165) is 45.7 Å². The van der Waals surface area contributed by atoms with Crippen LogP contribution in [0.2, 0.25) is 0 Å². The lowest BCUT2D eigenvalue weighted by molar-refractivity contribution is -0.122. The lowest BCUT2D eigenvalue weighted by Gasteiger charge is -2.36. The first kappa shape index (κ1) is 17.2. The van der Waals surface area contributed by atoms with Gasteiger partial charge in [0.1, 0.15) is 0 Å². The normalized spacial score (nSPS) is 18.8. The highest BCUT2D eigenvalue weighted by molar-refractivity contribution is 5.78. The molecule has 1 aliphatic heterocycles.